The number of hydrogen-bond acceptors (Lipinski definition) is 5. The number of nitrogens with zero attached hydrogens (tertiary/aromatic N) is 2. The Morgan fingerprint density at radius 1 is 0.939 bits per heavy atom. The maximum absolute atomic E-state index is 13.2. The molecule has 1 aliphatic heterocycles. The van der Waals surface area contributed by atoms with Crippen LogP contribution in [0.15, 0.2) is 76.3 Å². The van der Waals surface area contributed by atoms with Crippen LogP contribution in [0.4, 0.5) is 0 Å². The van der Waals surface area contributed by atoms with Crippen molar-refractivity contribution in [2.75, 3.05) is 6.79 Å². The number of benzene rings is 3. The molecule has 8 heteroatoms. The molecule has 0 radical (unpaired) electrons. The van der Waals surface area contributed by atoms with Gasteiger partial charge in [-0.25, -0.2) is 4.79 Å². The first-order valence-electron chi connectivity index (χ1n) is 10.5. The van der Waals surface area contributed by atoms with Crippen molar-refractivity contribution in [2.45, 2.75) is 13.1 Å². The van der Waals surface area contributed by atoms with E-state index in [1.54, 1.807) is 25.2 Å². The summed E-state index contributed by atoms with van der Waals surface area (Å²) >= 11 is 0. The van der Waals surface area contributed by atoms with E-state index >= 15 is 0 Å². The summed E-state index contributed by atoms with van der Waals surface area (Å²) in [7, 11) is 1.62. The zero-order valence-corrected chi connectivity index (χ0v) is 17.9. The van der Waals surface area contributed by atoms with Crippen molar-refractivity contribution in [1.82, 2.24) is 14.5 Å². The molecule has 3 aromatic carbocycles. The van der Waals surface area contributed by atoms with E-state index in [-0.39, 0.29) is 19.2 Å². The molecule has 0 bridgehead atoms. The van der Waals surface area contributed by atoms with Crippen LogP contribution < -0.4 is 26.0 Å². The second-order valence-electron chi connectivity index (χ2n) is 7.82. The van der Waals surface area contributed by atoms with Crippen molar-refractivity contribution in [1.29, 1.82) is 0 Å². The highest BCUT2D eigenvalue weighted by atomic mass is 16.7. The molecule has 0 fully saturated rings. The molecule has 4 aromatic rings. The lowest BCUT2D eigenvalue weighted by molar-refractivity contribution is 0.0951. The maximum Gasteiger partial charge on any atom is 0.331 e. The molecule has 0 aliphatic carbocycles. The Morgan fingerprint density at radius 3 is 2.55 bits per heavy atom. The Morgan fingerprint density at radius 2 is 1.73 bits per heavy atom. The monoisotopic (exact) mass is 443 g/mol. The molecule has 1 aromatic heterocycles. The normalized spacial score (nSPS) is 12.2. The number of carbonyl (C=O) groups is 1. The van der Waals surface area contributed by atoms with Gasteiger partial charge in [0.15, 0.2) is 11.5 Å². The highest BCUT2D eigenvalue weighted by Gasteiger charge is 2.16. The lowest BCUT2D eigenvalue weighted by Gasteiger charge is -2.12. The van der Waals surface area contributed by atoms with Crippen molar-refractivity contribution in [3.63, 3.8) is 0 Å². The van der Waals surface area contributed by atoms with Gasteiger partial charge in [-0.2, -0.15) is 0 Å². The van der Waals surface area contributed by atoms with Crippen molar-refractivity contribution in [3.05, 3.63) is 104 Å². The van der Waals surface area contributed by atoms with Gasteiger partial charge in [0.05, 0.1) is 17.4 Å². The number of ether oxygens (including phenoxy) is 2. The number of aryl methyl sites for hydroxylation is 1. The summed E-state index contributed by atoms with van der Waals surface area (Å²) in [6.07, 6.45) is 0. The molecule has 0 unspecified atom stereocenters. The molecular formula is C25H21N3O5. The second kappa shape index (κ2) is 8.31. The van der Waals surface area contributed by atoms with Gasteiger partial charge >= 0.3 is 5.69 Å². The summed E-state index contributed by atoms with van der Waals surface area (Å²) < 4.78 is 13.3. The van der Waals surface area contributed by atoms with E-state index in [9.17, 15) is 14.4 Å². The Balaban J connectivity index is 1.43. The summed E-state index contributed by atoms with van der Waals surface area (Å²) in [4.78, 5) is 38.7. The van der Waals surface area contributed by atoms with E-state index < -0.39 is 11.2 Å². The summed E-state index contributed by atoms with van der Waals surface area (Å²) in [5, 5.41) is 3.17. The third-order valence-electron chi connectivity index (χ3n) is 5.69. The molecule has 0 spiro atoms. The van der Waals surface area contributed by atoms with Crippen LogP contribution in [-0.2, 0) is 20.1 Å². The summed E-state index contributed by atoms with van der Waals surface area (Å²) in [6.45, 7) is 0.633. The fourth-order valence-electron chi connectivity index (χ4n) is 3.90. The molecule has 1 aliphatic rings. The van der Waals surface area contributed by atoms with Gasteiger partial charge in [-0.05, 0) is 41.5 Å². The molecule has 5 rings (SSSR count). The average Bonchev–Trinajstić information content (AvgIpc) is 3.32. The van der Waals surface area contributed by atoms with Crippen molar-refractivity contribution >= 4 is 16.8 Å². The predicted molar refractivity (Wildman–Crippen MR) is 123 cm³/mol. The SMILES string of the molecule is Cn1c(=O)n(Cc2ccccc2)c(=O)c2cc(C(=O)NCc3ccc4c(c3)OCO4)ccc21. The van der Waals surface area contributed by atoms with Crippen LogP contribution in [0, 0.1) is 0 Å². The highest BCUT2D eigenvalue weighted by molar-refractivity contribution is 5.97. The maximum atomic E-state index is 13.2. The molecule has 2 heterocycles. The number of aromatic nitrogens is 2. The third kappa shape index (κ3) is 3.87. The third-order valence-corrected chi connectivity index (χ3v) is 5.69. The van der Waals surface area contributed by atoms with Crippen LogP contribution in [0.3, 0.4) is 0 Å². The van der Waals surface area contributed by atoms with Gasteiger partial charge in [-0.3, -0.25) is 18.7 Å². The van der Waals surface area contributed by atoms with E-state index in [0.29, 0.717) is 34.5 Å². The van der Waals surface area contributed by atoms with Gasteiger partial charge in [0.2, 0.25) is 6.79 Å². The van der Waals surface area contributed by atoms with E-state index in [0.717, 1.165) is 11.1 Å². The topological polar surface area (TPSA) is 91.6 Å². The largest absolute Gasteiger partial charge is 0.454 e. The zero-order valence-electron chi connectivity index (χ0n) is 17.9. The van der Waals surface area contributed by atoms with Gasteiger partial charge < -0.3 is 14.8 Å². The molecule has 0 saturated carbocycles. The lowest BCUT2D eigenvalue weighted by Crippen LogP contribution is -2.39. The standard InChI is InChI=1S/C25H21N3O5/c1-27-20-9-8-18(23(29)26-13-17-7-10-21-22(11-17)33-15-32-21)12-19(20)24(30)28(25(27)31)14-16-5-3-2-4-6-16/h2-12H,13-15H2,1H3,(H,26,29). The fourth-order valence-corrected chi connectivity index (χ4v) is 3.90. The van der Waals surface area contributed by atoms with E-state index in [1.165, 1.54) is 15.2 Å². The van der Waals surface area contributed by atoms with Gasteiger partial charge in [-0.15, -0.1) is 0 Å². The van der Waals surface area contributed by atoms with Crippen molar-refractivity contribution < 1.29 is 14.3 Å². The molecule has 166 valence electrons. The lowest BCUT2D eigenvalue weighted by atomic mass is 10.1. The van der Waals surface area contributed by atoms with E-state index in [4.69, 9.17) is 9.47 Å². The van der Waals surface area contributed by atoms with Gasteiger partial charge in [0, 0.05) is 19.2 Å². The van der Waals surface area contributed by atoms with Crippen LogP contribution >= 0.6 is 0 Å². The molecule has 33 heavy (non-hydrogen) atoms. The smallest absolute Gasteiger partial charge is 0.331 e. The number of hydrogen-bond donors (Lipinski definition) is 1. The molecule has 1 N–H and O–H groups in total. The first-order chi connectivity index (χ1) is 16.0. The minimum Gasteiger partial charge on any atom is -0.454 e. The average molecular weight is 443 g/mol. The van der Waals surface area contributed by atoms with Gasteiger partial charge in [-0.1, -0.05) is 36.4 Å². The Hall–Kier alpha value is -4.33. The first kappa shape index (κ1) is 20.6. The number of carbonyl (C=O) groups excluding carboxylic acids is 1. The van der Waals surface area contributed by atoms with Crippen molar-refractivity contribution in [3.8, 4) is 11.5 Å². The summed E-state index contributed by atoms with van der Waals surface area (Å²) in [6, 6.07) is 19.5. The van der Waals surface area contributed by atoms with Crippen LogP contribution in [0.1, 0.15) is 21.5 Å². The highest BCUT2D eigenvalue weighted by Crippen LogP contribution is 2.32. The Labute approximate surface area is 188 Å². The predicted octanol–water partition coefficient (Wildman–Crippen LogP) is 2.41. The second-order valence-corrected chi connectivity index (χ2v) is 7.82. The van der Waals surface area contributed by atoms with Crippen LogP contribution in [-0.4, -0.2) is 21.8 Å². The van der Waals surface area contributed by atoms with Gasteiger partial charge in [0.1, 0.15) is 0 Å². The molecule has 0 saturated heterocycles. The Bertz CT molecular complexity index is 1490. The Kier molecular flexibility index (Phi) is 5.18. The summed E-state index contributed by atoms with van der Waals surface area (Å²) in [5.41, 5.74) is 1.68. The van der Waals surface area contributed by atoms with Gasteiger partial charge in [0.25, 0.3) is 11.5 Å². The van der Waals surface area contributed by atoms with E-state index in [1.807, 2.05) is 42.5 Å². The van der Waals surface area contributed by atoms with E-state index in [2.05, 4.69) is 5.32 Å². The van der Waals surface area contributed by atoms with Crippen LogP contribution in [0.5, 0.6) is 11.5 Å². The number of amides is 1. The molecular weight excluding hydrogens is 422 g/mol. The summed E-state index contributed by atoms with van der Waals surface area (Å²) in [5.74, 6) is 1.00. The number of rotatable bonds is 5. The molecule has 0 atom stereocenters. The van der Waals surface area contributed by atoms with Crippen LogP contribution in [0.25, 0.3) is 10.9 Å². The fraction of sp³-hybridized carbons (Fsp3) is 0.160. The minimum atomic E-state index is -0.428. The van der Waals surface area contributed by atoms with Crippen LogP contribution in [0.2, 0.25) is 0 Å². The quantitative estimate of drug-likeness (QED) is 0.512. The number of nitrogens with one attached hydrogen (secondary N) is 1. The molecule has 8 nitrogen and oxygen atoms in total. The van der Waals surface area contributed by atoms with Crippen molar-refractivity contribution in [2.24, 2.45) is 7.05 Å². The minimum absolute atomic E-state index is 0.156. The number of fused-ring (bicyclic) bond motifs is 2. The first-order valence-corrected chi connectivity index (χ1v) is 10.5. The zero-order chi connectivity index (χ0) is 22.9. The molecule has 1 amide bonds.